The number of amides is 1. The maximum absolute atomic E-state index is 10.4. The third-order valence-electron chi connectivity index (χ3n) is 3.19. The van der Waals surface area contributed by atoms with Gasteiger partial charge in [-0.2, -0.15) is 5.48 Å². The van der Waals surface area contributed by atoms with E-state index >= 15 is 0 Å². The summed E-state index contributed by atoms with van der Waals surface area (Å²) in [5.74, 6) is 1.23. The second-order valence-electron chi connectivity index (χ2n) is 4.15. The van der Waals surface area contributed by atoms with Crippen molar-refractivity contribution in [1.82, 2.24) is 5.48 Å². The van der Waals surface area contributed by atoms with E-state index in [9.17, 15) is 4.79 Å². The second-order valence-corrected chi connectivity index (χ2v) is 4.15. The van der Waals surface area contributed by atoms with Crippen LogP contribution >= 0.6 is 0 Å². The summed E-state index contributed by atoms with van der Waals surface area (Å²) < 4.78 is 0. The van der Waals surface area contributed by atoms with E-state index in [1.807, 2.05) is 0 Å². The van der Waals surface area contributed by atoms with Crippen LogP contribution in [0.25, 0.3) is 0 Å². The Kier molecular flexibility index (Phi) is 2.51. The van der Waals surface area contributed by atoms with E-state index in [0.717, 1.165) is 11.8 Å². The van der Waals surface area contributed by atoms with E-state index in [4.69, 9.17) is 10.6 Å². The van der Waals surface area contributed by atoms with Crippen molar-refractivity contribution in [3.8, 4) is 0 Å². The summed E-state index contributed by atoms with van der Waals surface area (Å²) in [7, 11) is 0. The summed E-state index contributed by atoms with van der Waals surface area (Å²) in [6.07, 6.45) is 5.21. The van der Waals surface area contributed by atoms with E-state index < -0.39 is 5.91 Å². The van der Waals surface area contributed by atoms with E-state index in [0.29, 0.717) is 6.04 Å². The van der Waals surface area contributed by atoms with Gasteiger partial charge in [0.1, 0.15) is 6.61 Å². The van der Waals surface area contributed by atoms with Crippen molar-refractivity contribution < 1.29 is 9.63 Å². The van der Waals surface area contributed by atoms with Crippen LogP contribution < -0.4 is 11.2 Å². The maximum Gasteiger partial charge on any atom is 0.245 e. The molecule has 2 fully saturated rings. The molecule has 74 valence electrons. The molecule has 13 heavy (non-hydrogen) atoms. The number of hydrogen-bond donors (Lipinski definition) is 2. The predicted molar refractivity (Wildman–Crippen MR) is 47.5 cm³/mol. The Morgan fingerprint density at radius 3 is 2.85 bits per heavy atom. The van der Waals surface area contributed by atoms with E-state index in [2.05, 4.69) is 5.48 Å². The van der Waals surface area contributed by atoms with Crippen LogP contribution in [0.15, 0.2) is 0 Å². The molecule has 0 aliphatic heterocycles. The summed E-state index contributed by atoms with van der Waals surface area (Å²) >= 11 is 0. The van der Waals surface area contributed by atoms with Crippen molar-refractivity contribution in [3.63, 3.8) is 0 Å². The van der Waals surface area contributed by atoms with Gasteiger partial charge < -0.3 is 5.73 Å². The topological polar surface area (TPSA) is 64.4 Å². The van der Waals surface area contributed by atoms with Crippen LogP contribution in [-0.2, 0) is 9.63 Å². The number of carbonyl (C=O) groups is 1. The molecule has 4 heteroatoms. The molecule has 3 unspecified atom stereocenters. The Morgan fingerprint density at radius 2 is 2.31 bits per heavy atom. The molecule has 2 rings (SSSR count). The van der Waals surface area contributed by atoms with Crippen molar-refractivity contribution in [2.24, 2.45) is 17.6 Å². The lowest BCUT2D eigenvalue weighted by Crippen LogP contribution is -2.36. The highest BCUT2D eigenvalue weighted by Crippen LogP contribution is 2.44. The summed E-state index contributed by atoms with van der Waals surface area (Å²) in [6, 6.07) is 0.457. The normalized spacial score (nSPS) is 36.8. The number of rotatable bonds is 4. The van der Waals surface area contributed by atoms with Crippen LogP contribution in [0.1, 0.15) is 25.7 Å². The van der Waals surface area contributed by atoms with Crippen molar-refractivity contribution in [2.45, 2.75) is 31.7 Å². The molecule has 3 N–H and O–H groups in total. The fourth-order valence-corrected chi connectivity index (χ4v) is 2.61. The van der Waals surface area contributed by atoms with Gasteiger partial charge in [-0.25, -0.2) is 0 Å². The van der Waals surface area contributed by atoms with Gasteiger partial charge in [0.05, 0.1) is 0 Å². The standard InChI is InChI=1S/C9H16N2O2/c10-9(12)5-13-11-8-4-6-1-2-7(8)3-6/h6-8,11H,1-5H2,(H2,10,12). The van der Waals surface area contributed by atoms with Crippen molar-refractivity contribution in [2.75, 3.05) is 6.61 Å². The smallest absolute Gasteiger partial charge is 0.245 e. The average Bonchev–Trinajstić information content (AvgIpc) is 2.64. The Hall–Kier alpha value is -0.610. The molecule has 0 aromatic heterocycles. The van der Waals surface area contributed by atoms with Gasteiger partial charge in [-0.3, -0.25) is 9.63 Å². The van der Waals surface area contributed by atoms with Gasteiger partial charge in [0, 0.05) is 6.04 Å². The molecule has 3 atom stereocenters. The highest BCUT2D eigenvalue weighted by atomic mass is 16.6. The first-order valence-electron chi connectivity index (χ1n) is 4.91. The molecular formula is C9H16N2O2. The highest BCUT2D eigenvalue weighted by Gasteiger charge is 2.39. The summed E-state index contributed by atoms with van der Waals surface area (Å²) in [5, 5.41) is 0. The van der Waals surface area contributed by atoms with E-state index in [1.54, 1.807) is 0 Å². The summed E-state index contributed by atoms with van der Waals surface area (Å²) in [6.45, 7) is -0.0200. The zero-order valence-corrected chi connectivity index (χ0v) is 7.66. The van der Waals surface area contributed by atoms with Crippen LogP contribution in [-0.4, -0.2) is 18.6 Å². The molecule has 0 spiro atoms. The quantitative estimate of drug-likeness (QED) is 0.613. The molecule has 0 aromatic carbocycles. The molecule has 2 bridgehead atoms. The zero-order chi connectivity index (χ0) is 9.26. The minimum absolute atomic E-state index is 0.0200. The lowest BCUT2D eigenvalue weighted by Gasteiger charge is -2.21. The number of nitrogens with one attached hydrogen (secondary N) is 1. The highest BCUT2D eigenvalue weighted by molar-refractivity contribution is 5.74. The molecule has 0 saturated heterocycles. The molecule has 4 nitrogen and oxygen atoms in total. The molecule has 2 aliphatic rings. The van der Waals surface area contributed by atoms with Crippen LogP contribution in [0.3, 0.4) is 0 Å². The Bertz CT molecular complexity index is 208. The molecule has 0 radical (unpaired) electrons. The molecule has 1 amide bonds. The Morgan fingerprint density at radius 1 is 1.46 bits per heavy atom. The van der Waals surface area contributed by atoms with Gasteiger partial charge >= 0.3 is 0 Å². The molecule has 2 aliphatic carbocycles. The predicted octanol–water partition coefficient (Wildman–Crippen LogP) is 0.181. The number of hydrogen-bond acceptors (Lipinski definition) is 3. The summed E-state index contributed by atoms with van der Waals surface area (Å²) in [4.78, 5) is 15.4. The van der Waals surface area contributed by atoms with Crippen LogP contribution in [0, 0.1) is 11.8 Å². The van der Waals surface area contributed by atoms with Crippen LogP contribution in [0.2, 0.25) is 0 Å². The van der Waals surface area contributed by atoms with Crippen molar-refractivity contribution >= 4 is 5.91 Å². The molecule has 2 saturated carbocycles. The lowest BCUT2D eigenvalue weighted by molar-refractivity contribution is -0.126. The van der Waals surface area contributed by atoms with Gasteiger partial charge in [0.15, 0.2) is 0 Å². The van der Waals surface area contributed by atoms with Crippen LogP contribution in [0.5, 0.6) is 0 Å². The number of primary amides is 1. The minimum Gasteiger partial charge on any atom is -0.368 e. The molecular weight excluding hydrogens is 168 g/mol. The van der Waals surface area contributed by atoms with E-state index in [1.165, 1.54) is 25.7 Å². The third kappa shape index (κ3) is 2.00. The Balaban J connectivity index is 1.68. The molecule has 0 heterocycles. The molecule has 0 aromatic rings. The first kappa shape index (κ1) is 8.97. The fraction of sp³-hybridized carbons (Fsp3) is 0.889. The van der Waals surface area contributed by atoms with Gasteiger partial charge in [-0.15, -0.1) is 0 Å². The summed E-state index contributed by atoms with van der Waals surface area (Å²) in [5.41, 5.74) is 7.89. The van der Waals surface area contributed by atoms with Crippen molar-refractivity contribution in [3.05, 3.63) is 0 Å². The van der Waals surface area contributed by atoms with Crippen molar-refractivity contribution in [1.29, 1.82) is 0 Å². The third-order valence-corrected chi connectivity index (χ3v) is 3.19. The van der Waals surface area contributed by atoms with Gasteiger partial charge in [0.25, 0.3) is 0 Å². The monoisotopic (exact) mass is 184 g/mol. The lowest BCUT2D eigenvalue weighted by atomic mass is 9.96. The largest absolute Gasteiger partial charge is 0.368 e. The zero-order valence-electron chi connectivity index (χ0n) is 7.66. The number of carbonyl (C=O) groups excluding carboxylic acids is 1. The van der Waals surface area contributed by atoms with Gasteiger partial charge in [-0.05, 0) is 31.1 Å². The second kappa shape index (κ2) is 3.64. The average molecular weight is 184 g/mol. The number of fused-ring (bicyclic) bond motifs is 2. The number of hydroxylamine groups is 1. The van der Waals surface area contributed by atoms with E-state index in [-0.39, 0.29) is 6.61 Å². The van der Waals surface area contributed by atoms with Gasteiger partial charge in [-0.1, -0.05) is 6.42 Å². The Labute approximate surface area is 77.8 Å². The first-order chi connectivity index (χ1) is 6.25. The maximum atomic E-state index is 10.4. The first-order valence-corrected chi connectivity index (χ1v) is 4.91. The SMILES string of the molecule is NC(=O)CONC1CC2CCC1C2. The van der Waals surface area contributed by atoms with Crippen LogP contribution in [0.4, 0.5) is 0 Å². The number of nitrogens with two attached hydrogens (primary N) is 1. The fourth-order valence-electron chi connectivity index (χ4n) is 2.61. The van der Waals surface area contributed by atoms with Gasteiger partial charge in [0.2, 0.25) is 5.91 Å². The minimum atomic E-state index is -0.421.